The fourth-order valence-electron chi connectivity index (χ4n) is 1.93. The lowest BCUT2D eigenvalue weighted by molar-refractivity contribution is -0.384. The summed E-state index contributed by atoms with van der Waals surface area (Å²) in [5.41, 5.74) is 0.424. The van der Waals surface area contributed by atoms with Crippen LogP contribution in [0.4, 0.5) is 11.5 Å². The Morgan fingerprint density at radius 2 is 2.35 bits per heavy atom. The van der Waals surface area contributed by atoms with Crippen LogP contribution in [0.5, 0.6) is 0 Å². The number of hydrogen-bond acceptors (Lipinski definition) is 7. The summed E-state index contributed by atoms with van der Waals surface area (Å²) in [7, 11) is 0. The van der Waals surface area contributed by atoms with Crippen molar-refractivity contribution in [2.75, 3.05) is 11.9 Å². The van der Waals surface area contributed by atoms with E-state index in [2.05, 4.69) is 20.6 Å². The van der Waals surface area contributed by atoms with Crippen molar-refractivity contribution in [2.45, 2.75) is 33.2 Å². The zero-order valence-corrected chi connectivity index (χ0v) is 11.4. The third kappa shape index (κ3) is 2.92. The van der Waals surface area contributed by atoms with Gasteiger partial charge in [-0.2, -0.15) is 10.1 Å². The number of hydrogen-bond donors (Lipinski definition) is 1. The van der Waals surface area contributed by atoms with Crippen LogP contribution in [-0.2, 0) is 13.0 Å². The summed E-state index contributed by atoms with van der Waals surface area (Å²) in [6.07, 6.45) is 2.66. The molecular formula is C11H16N6O3. The van der Waals surface area contributed by atoms with E-state index in [9.17, 15) is 10.1 Å². The highest BCUT2D eigenvalue weighted by Gasteiger charge is 2.24. The maximum absolute atomic E-state index is 11.1. The van der Waals surface area contributed by atoms with Gasteiger partial charge in [-0.3, -0.25) is 10.1 Å². The first-order valence-corrected chi connectivity index (χ1v) is 6.34. The van der Waals surface area contributed by atoms with Crippen molar-refractivity contribution in [3.8, 4) is 0 Å². The molecule has 0 atom stereocenters. The molecule has 0 spiro atoms. The number of nitro groups is 1. The first-order chi connectivity index (χ1) is 9.63. The first kappa shape index (κ1) is 14.0. The average molecular weight is 280 g/mol. The molecule has 0 aliphatic heterocycles. The van der Waals surface area contributed by atoms with Crippen LogP contribution in [0.2, 0.25) is 0 Å². The molecule has 0 saturated carbocycles. The molecule has 0 unspecified atom stereocenters. The molecule has 0 radical (unpaired) electrons. The van der Waals surface area contributed by atoms with Crippen LogP contribution in [0.1, 0.15) is 24.9 Å². The second-order valence-corrected chi connectivity index (χ2v) is 4.27. The van der Waals surface area contributed by atoms with E-state index in [4.69, 9.17) is 4.52 Å². The molecule has 2 aromatic heterocycles. The molecule has 0 aliphatic rings. The van der Waals surface area contributed by atoms with Gasteiger partial charge in [0.15, 0.2) is 6.33 Å². The Hall–Kier alpha value is -2.45. The predicted molar refractivity (Wildman–Crippen MR) is 70.4 cm³/mol. The van der Waals surface area contributed by atoms with Gasteiger partial charge in [0.25, 0.3) is 0 Å². The van der Waals surface area contributed by atoms with Crippen LogP contribution in [0, 0.1) is 17.0 Å². The van der Waals surface area contributed by atoms with E-state index in [-0.39, 0.29) is 5.69 Å². The fourth-order valence-corrected chi connectivity index (χ4v) is 1.93. The monoisotopic (exact) mass is 280 g/mol. The topological polar surface area (TPSA) is 112 Å². The van der Waals surface area contributed by atoms with Gasteiger partial charge in [-0.1, -0.05) is 12.1 Å². The zero-order chi connectivity index (χ0) is 14.5. The summed E-state index contributed by atoms with van der Waals surface area (Å²) in [5, 5.41) is 21.9. The second kappa shape index (κ2) is 6.13. The molecule has 0 aromatic carbocycles. The van der Waals surface area contributed by atoms with Crippen molar-refractivity contribution in [1.29, 1.82) is 0 Å². The number of rotatable bonds is 7. The Morgan fingerprint density at radius 3 is 2.95 bits per heavy atom. The van der Waals surface area contributed by atoms with E-state index in [1.807, 2.05) is 6.92 Å². The largest absolute Gasteiger partial charge is 0.364 e. The molecule has 0 bridgehead atoms. The van der Waals surface area contributed by atoms with E-state index in [0.29, 0.717) is 36.9 Å². The van der Waals surface area contributed by atoms with Gasteiger partial charge in [0, 0.05) is 19.5 Å². The predicted octanol–water partition coefficient (Wildman–Crippen LogP) is 1.55. The third-order valence-corrected chi connectivity index (χ3v) is 2.75. The molecular weight excluding hydrogens is 264 g/mol. The van der Waals surface area contributed by atoms with Crippen LogP contribution >= 0.6 is 0 Å². The molecule has 108 valence electrons. The highest BCUT2D eigenvalue weighted by molar-refractivity contribution is 5.59. The Labute approximate surface area is 115 Å². The van der Waals surface area contributed by atoms with Gasteiger partial charge in [0.2, 0.25) is 11.7 Å². The highest BCUT2D eigenvalue weighted by Crippen LogP contribution is 2.28. The Morgan fingerprint density at radius 1 is 1.55 bits per heavy atom. The van der Waals surface area contributed by atoms with Crippen molar-refractivity contribution in [3.63, 3.8) is 0 Å². The third-order valence-electron chi connectivity index (χ3n) is 2.75. The highest BCUT2D eigenvalue weighted by atomic mass is 16.6. The van der Waals surface area contributed by atoms with Crippen molar-refractivity contribution in [2.24, 2.45) is 0 Å². The van der Waals surface area contributed by atoms with Gasteiger partial charge >= 0.3 is 5.69 Å². The van der Waals surface area contributed by atoms with E-state index in [1.54, 1.807) is 11.6 Å². The van der Waals surface area contributed by atoms with Gasteiger partial charge in [-0.25, -0.2) is 4.68 Å². The van der Waals surface area contributed by atoms with Crippen molar-refractivity contribution < 1.29 is 9.45 Å². The van der Waals surface area contributed by atoms with E-state index >= 15 is 0 Å². The minimum atomic E-state index is -0.413. The van der Waals surface area contributed by atoms with Crippen LogP contribution in [-0.4, -0.2) is 31.4 Å². The lowest BCUT2D eigenvalue weighted by atomic mass is 10.3. The standard InChI is InChI=1S/C11H16N6O3/c1-3-6-16-11(10(17(18)19)8(2)15-16)12-5-4-9-13-7-14-20-9/h7,12H,3-6H2,1-2H3. The minimum absolute atomic E-state index is 0.0176. The smallest absolute Gasteiger partial charge is 0.333 e. The van der Waals surface area contributed by atoms with Gasteiger partial charge in [-0.05, 0) is 13.3 Å². The van der Waals surface area contributed by atoms with E-state index < -0.39 is 4.92 Å². The summed E-state index contributed by atoms with van der Waals surface area (Å²) >= 11 is 0. The lowest BCUT2D eigenvalue weighted by Crippen LogP contribution is -2.12. The van der Waals surface area contributed by atoms with Crippen molar-refractivity contribution in [3.05, 3.63) is 28.0 Å². The normalized spacial score (nSPS) is 10.7. The Bertz CT molecular complexity index is 577. The molecule has 0 fully saturated rings. The molecule has 0 aliphatic carbocycles. The number of aromatic nitrogens is 4. The van der Waals surface area contributed by atoms with Gasteiger partial charge < -0.3 is 9.84 Å². The van der Waals surface area contributed by atoms with Crippen LogP contribution in [0.15, 0.2) is 10.9 Å². The van der Waals surface area contributed by atoms with Crippen LogP contribution in [0.25, 0.3) is 0 Å². The number of nitrogens with one attached hydrogen (secondary N) is 1. The quantitative estimate of drug-likeness (QED) is 0.604. The SMILES string of the molecule is CCCn1nc(C)c([N+](=O)[O-])c1NCCc1ncno1. The van der Waals surface area contributed by atoms with Gasteiger partial charge in [0.05, 0.1) is 4.92 Å². The lowest BCUT2D eigenvalue weighted by Gasteiger charge is -2.07. The van der Waals surface area contributed by atoms with Gasteiger partial charge in [0.1, 0.15) is 5.69 Å². The molecule has 1 N–H and O–H groups in total. The minimum Gasteiger partial charge on any atom is -0.364 e. The van der Waals surface area contributed by atoms with Crippen LogP contribution in [0.3, 0.4) is 0 Å². The van der Waals surface area contributed by atoms with Crippen molar-refractivity contribution >= 4 is 11.5 Å². The molecule has 2 aromatic rings. The number of aryl methyl sites for hydroxylation is 2. The zero-order valence-electron chi connectivity index (χ0n) is 11.4. The molecule has 0 saturated heterocycles. The number of nitrogens with zero attached hydrogens (tertiary/aromatic N) is 5. The molecule has 9 nitrogen and oxygen atoms in total. The Balaban J connectivity index is 2.13. The fraction of sp³-hybridized carbons (Fsp3) is 0.545. The van der Waals surface area contributed by atoms with Crippen molar-refractivity contribution in [1.82, 2.24) is 19.9 Å². The number of anilines is 1. The molecule has 2 rings (SSSR count). The van der Waals surface area contributed by atoms with Crippen LogP contribution < -0.4 is 5.32 Å². The second-order valence-electron chi connectivity index (χ2n) is 4.27. The average Bonchev–Trinajstić information content (AvgIpc) is 2.99. The van der Waals surface area contributed by atoms with Gasteiger partial charge in [-0.15, -0.1) is 0 Å². The maximum Gasteiger partial charge on any atom is 0.333 e. The van der Waals surface area contributed by atoms with E-state index in [1.165, 1.54) is 6.33 Å². The summed E-state index contributed by atoms with van der Waals surface area (Å²) in [6.45, 7) is 4.70. The first-order valence-electron chi connectivity index (χ1n) is 6.34. The summed E-state index contributed by atoms with van der Waals surface area (Å²) in [5.74, 6) is 0.910. The molecule has 9 heteroatoms. The maximum atomic E-state index is 11.1. The molecule has 20 heavy (non-hydrogen) atoms. The Kier molecular flexibility index (Phi) is 4.28. The molecule has 2 heterocycles. The summed E-state index contributed by atoms with van der Waals surface area (Å²) in [4.78, 5) is 14.6. The summed E-state index contributed by atoms with van der Waals surface area (Å²) < 4.78 is 6.50. The summed E-state index contributed by atoms with van der Waals surface area (Å²) in [6, 6.07) is 0. The van der Waals surface area contributed by atoms with E-state index in [0.717, 1.165) is 6.42 Å². The molecule has 0 amide bonds.